The Morgan fingerprint density at radius 1 is 0.741 bits per heavy atom. The summed E-state index contributed by atoms with van der Waals surface area (Å²) in [5, 5.41) is 5.28. The Morgan fingerprint density at radius 3 is 1.96 bits per heavy atom. The Kier molecular flexibility index (Phi) is 6.38. The molecule has 0 atom stereocenters. The molecular formula is C21H20N2O4. The summed E-state index contributed by atoms with van der Waals surface area (Å²) < 4.78 is 0. The van der Waals surface area contributed by atoms with Crippen molar-refractivity contribution in [3.05, 3.63) is 71.3 Å². The maximum Gasteiger partial charge on any atom is 0.251 e. The number of rotatable bonds is 6. The standard InChI is InChI=1S/C21H20N2O4/c1-13(21(27)23-19-6-4-5-17(12-19)15(3)25)11-20(26)22-18-9-7-16(8-10-18)14(2)24/h4-12H,1-3H3,(H,22,26)(H,23,27)/b13-11+. The van der Waals surface area contributed by atoms with Crippen LogP contribution in [0.1, 0.15) is 41.5 Å². The molecule has 0 aliphatic carbocycles. The highest BCUT2D eigenvalue weighted by atomic mass is 16.2. The van der Waals surface area contributed by atoms with Crippen molar-refractivity contribution in [1.82, 2.24) is 0 Å². The zero-order valence-corrected chi connectivity index (χ0v) is 15.3. The minimum atomic E-state index is -0.462. The summed E-state index contributed by atoms with van der Waals surface area (Å²) in [6.45, 7) is 4.42. The van der Waals surface area contributed by atoms with E-state index in [1.54, 1.807) is 48.5 Å². The van der Waals surface area contributed by atoms with Gasteiger partial charge >= 0.3 is 0 Å². The van der Waals surface area contributed by atoms with Gasteiger partial charge < -0.3 is 10.6 Å². The molecule has 6 heteroatoms. The van der Waals surface area contributed by atoms with Gasteiger partial charge in [-0.1, -0.05) is 12.1 Å². The quantitative estimate of drug-likeness (QED) is 0.605. The maximum absolute atomic E-state index is 12.2. The fourth-order valence-electron chi connectivity index (χ4n) is 2.27. The fourth-order valence-corrected chi connectivity index (χ4v) is 2.27. The molecule has 0 unspecified atom stereocenters. The van der Waals surface area contributed by atoms with Gasteiger partial charge in [0.1, 0.15) is 0 Å². The first-order chi connectivity index (χ1) is 12.8. The summed E-state index contributed by atoms with van der Waals surface area (Å²) in [6.07, 6.45) is 1.18. The zero-order chi connectivity index (χ0) is 20.0. The van der Waals surface area contributed by atoms with E-state index in [0.29, 0.717) is 22.5 Å². The predicted molar refractivity (Wildman–Crippen MR) is 104 cm³/mol. The molecule has 0 radical (unpaired) electrons. The minimum Gasteiger partial charge on any atom is -0.323 e. The Labute approximate surface area is 157 Å². The van der Waals surface area contributed by atoms with Crippen LogP contribution in [0.25, 0.3) is 0 Å². The first kappa shape index (κ1) is 19.8. The molecule has 2 aromatic carbocycles. The van der Waals surface area contributed by atoms with Crippen LogP contribution < -0.4 is 10.6 Å². The number of amides is 2. The van der Waals surface area contributed by atoms with E-state index in [0.717, 1.165) is 0 Å². The highest BCUT2D eigenvalue weighted by Gasteiger charge is 2.09. The lowest BCUT2D eigenvalue weighted by Crippen LogP contribution is -2.16. The Hall–Kier alpha value is -3.54. The van der Waals surface area contributed by atoms with Crippen LogP contribution in [0.15, 0.2) is 60.2 Å². The van der Waals surface area contributed by atoms with Crippen molar-refractivity contribution in [2.24, 2.45) is 0 Å². The highest BCUT2D eigenvalue weighted by Crippen LogP contribution is 2.13. The third kappa shape index (κ3) is 5.74. The van der Waals surface area contributed by atoms with Gasteiger partial charge in [0, 0.05) is 34.2 Å². The van der Waals surface area contributed by atoms with Crippen LogP contribution in [-0.4, -0.2) is 23.4 Å². The molecule has 2 rings (SSSR count). The average molecular weight is 364 g/mol. The third-order valence-electron chi connectivity index (χ3n) is 3.79. The molecule has 0 spiro atoms. The van der Waals surface area contributed by atoms with Gasteiger partial charge in [0.15, 0.2) is 11.6 Å². The number of Topliss-reactive ketones (excluding diaryl/α,β-unsaturated/α-hetero) is 2. The molecule has 0 fully saturated rings. The molecule has 138 valence electrons. The second kappa shape index (κ2) is 8.71. The number of anilines is 2. The Balaban J connectivity index is 2.01. The molecule has 0 bridgehead atoms. The van der Waals surface area contributed by atoms with E-state index in [1.165, 1.54) is 26.8 Å². The molecule has 0 aliphatic heterocycles. The number of nitrogens with one attached hydrogen (secondary N) is 2. The van der Waals surface area contributed by atoms with Gasteiger partial charge in [0.25, 0.3) is 5.91 Å². The van der Waals surface area contributed by atoms with E-state index in [2.05, 4.69) is 10.6 Å². The third-order valence-corrected chi connectivity index (χ3v) is 3.79. The number of hydrogen-bond donors (Lipinski definition) is 2. The summed E-state index contributed by atoms with van der Waals surface area (Å²) in [4.78, 5) is 46.9. The van der Waals surface area contributed by atoms with Gasteiger partial charge in [-0.15, -0.1) is 0 Å². The van der Waals surface area contributed by atoms with Crippen LogP contribution >= 0.6 is 0 Å². The van der Waals surface area contributed by atoms with E-state index in [1.807, 2.05) is 0 Å². The van der Waals surface area contributed by atoms with Gasteiger partial charge in [-0.3, -0.25) is 19.2 Å². The van der Waals surface area contributed by atoms with Crippen molar-refractivity contribution in [3.63, 3.8) is 0 Å². The molecule has 27 heavy (non-hydrogen) atoms. The molecule has 0 aromatic heterocycles. The smallest absolute Gasteiger partial charge is 0.251 e. The summed E-state index contributed by atoms with van der Waals surface area (Å²) in [5.41, 5.74) is 2.23. The number of hydrogen-bond acceptors (Lipinski definition) is 4. The van der Waals surface area contributed by atoms with E-state index < -0.39 is 11.8 Å². The van der Waals surface area contributed by atoms with Crippen LogP contribution in [0.5, 0.6) is 0 Å². The maximum atomic E-state index is 12.2. The van der Waals surface area contributed by atoms with Crippen molar-refractivity contribution in [1.29, 1.82) is 0 Å². The lowest BCUT2D eigenvalue weighted by atomic mass is 10.1. The topological polar surface area (TPSA) is 92.3 Å². The summed E-state index contributed by atoms with van der Waals surface area (Å²) in [7, 11) is 0. The number of benzene rings is 2. The molecule has 2 aromatic rings. The molecule has 0 heterocycles. The van der Waals surface area contributed by atoms with Crippen LogP contribution in [0.4, 0.5) is 11.4 Å². The SMILES string of the molecule is CC(=O)c1ccc(NC(=O)/C=C(\C)C(=O)Nc2cccc(C(C)=O)c2)cc1. The lowest BCUT2D eigenvalue weighted by Gasteiger charge is -2.07. The van der Waals surface area contributed by atoms with E-state index in [-0.39, 0.29) is 17.1 Å². The second-order valence-corrected chi connectivity index (χ2v) is 6.04. The van der Waals surface area contributed by atoms with E-state index in [9.17, 15) is 19.2 Å². The van der Waals surface area contributed by atoms with Crippen LogP contribution in [0, 0.1) is 0 Å². The highest BCUT2D eigenvalue weighted by molar-refractivity contribution is 6.10. The lowest BCUT2D eigenvalue weighted by molar-refractivity contribution is -0.114. The normalized spacial score (nSPS) is 10.9. The number of ketones is 2. The van der Waals surface area contributed by atoms with Gasteiger partial charge in [-0.25, -0.2) is 0 Å². The second-order valence-electron chi connectivity index (χ2n) is 6.04. The van der Waals surface area contributed by atoms with Crippen molar-refractivity contribution in [2.75, 3.05) is 10.6 Å². The first-order valence-corrected chi connectivity index (χ1v) is 8.29. The van der Waals surface area contributed by atoms with Crippen molar-refractivity contribution in [3.8, 4) is 0 Å². The van der Waals surface area contributed by atoms with Gasteiger partial charge in [-0.2, -0.15) is 0 Å². The van der Waals surface area contributed by atoms with E-state index in [4.69, 9.17) is 0 Å². The first-order valence-electron chi connectivity index (χ1n) is 8.29. The van der Waals surface area contributed by atoms with Crippen LogP contribution in [0.3, 0.4) is 0 Å². The molecule has 2 N–H and O–H groups in total. The fraction of sp³-hybridized carbons (Fsp3) is 0.143. The number of carbonyl (C=O) groups is 4. The molecule has 6 nitrogen and oxygen atoms in total. The van der Waals surface area contributed by atoms with E-state index >= 15 is 0 Å². The largest absolute Gasteiger partial charge is 0.323 e. The molecule has 0 saturated heterocycles. The summed E-state index contributed by atoms with van der Waals surface area (Å²) >= 11 is 0. The average Bonchev–Trinajstić information content (AvgIpc) is 2.62. The van der Waals surface area contributed by atoms with Gasteiger partial charge in [-0.05, 0) is 57.2 Å². The molecule has 2 amide bonds. The number of carbonyl (C=O) groups excluding carboxylic acids is 4. The van der Waals surface area contributed by atoms with Gasteiger partial charge in [0.05, 0.1) is 0 Å². The summed E-state index contributed by atoms with van der Waals surface area (Å²) in [6, 6.07) is 13.0. The molecule has 0 saturated carbocycles. The molecule has 0 aliphatic rings. The zero-order valence-electron chi connectivity index (χ0n) is 15.3. The van der Waals surface area contributed by atoms with Crippen molar-refractivity contribution in [2.45, 2.75) is 20.8 Å². The predicted octanol–water partition coefficient (Wildman–Crippen LogP) is 3.62. The van der Waals surface area contributed by atoms with Crippen LogP contribution in [-0.2, 0) is 9.59 Å². The van der Waals surface area contributed by atoms with Crippen molar-refractivity contribution < 1.29 is 19.2 Å². The molecular weight excluding hydrogens is 344 g/mol. The summed E-state index contributed by atoms with van der Waals surface area (Å²) in [5.74, 6) is -1.07. The van der Waals surface area contributed by atoms with Crippen molar-refractivity contribution >= 4 is 34.8 Å². The monoisotopic (exact) mass is 364 g/mol. The van der Waals surface area contributed by atoms with Gasteiger partial charge in [0.2, 0.25) is 5.91 Å². The minimum absolute atomic E-state index is 0.0610. The Morgan fingerprint density at radius 2 is 1.37 bits per heavy atom. The Bertz CT molecular complexity index is 927. The van der Waals surface area contributed by atoms with Crippen LogP contribution in [0.2, 0.25) is 0 Å².